The number of rotatable bonds is 10. The number of ether oxygens (including phenoxy) is 1. The maximum absolute atomic E-state index is 13.2. The maximum Gasteiger partial charge on any atom is 0.319 e. The van der Waals surface area contributed by atoms with Crippen LogP contribution in [0.15, 0.2) is 39.7 Å². The maximum atomic E-state index is 13.2. The normalized spacial score (nSPS) is 13.9. The van der Waals surface area contributed by atoms with E-state index >= 15 is 0 Å². The van der Waals surface area contributed by atoms with Crippen molar-refractivity contribution < 1.29 is 19.4 Å². The van der Waals surface area contributed by atoms with E-state index in [1.165, 1.54) is 11.8 Å². The molecule has 2 N–H and O–H groups in total. The van der Waals surface area contributed by atoms with Gasteiger partial charge in [-0.15, -0.1) is 11.8 Å². The lowest BCUT2D eigenvalue weighted by Gasteiger charge is -2.22. The van der Waals surface area contributed by atoms with Crippen LogP contribution >= 0.6 is 27.7 Å². The van der Waals surface area contributed by atoms with Gasteiger partial charge in [-0.3, -0.25) is 9.59 Å². The minimum Gasteiger partial charge on any atom is -0.480 e. The molecule has 0 spiro atoms. The van der Waals surface area contributed by atoms with Crippen LogP contribution in [0.4, 0.5) is 5.69 Å². The van der Waals surface area contributed by atoms with Gasteiger partial charge in [-0.05, 0) is 81.2 Å². The average Bonchev–Trinajstić information content (AvgIpc) is 3.12. The van der Waals surface area contributed by atoms with E-state index in [1.807, 2.05) is 44.2 Å². The lowest BCUT2D eigenvalue weighted by Crippen LogP contribution is -2.27. The van der Waals surface area contributed by atoms with Crippen LogP contribution < -0.4 is 5.32 Å². The van der Waals surface area contributed by atoms with Crippen LogP contribution in [0.5, 0.6) is 0 Å². The van der Waals surface area contributed by atoms with Gasteiger partial charge >= 0.3 is 5.97 Å². The fourth-order valence-electron chi connectivity index (χ4n) is 3.84. The molecule has 0 atom stereocenters. The lowest BCUT2D eigenvalue weighted by atomic mass is 10.0. The molecular formula is C26H32BrN3O4S. The molecule has 9 heteroatoms. The topological polar surface area (TPSA) is 93.4 Å². The first-order valence-electron chi connectivity index (χ1n) is 11.5. The van der Waals surface area contributed by atoms with Gasteiger partial charge in [0.2, 0.25) is 0 Å². The summed E-state index contributed by atoms with van der Waals surface area (Å²) in [7, 11) is 1.67. The minimum absolute atomic E-state index is 0.244. The molecule has 188 valence electrons. The molecular weight excluding hydrogens is 530 g/mol. The van der Waals surface area contributed by atoms with E-state index in [1.54, 1.807) is 21.0 Å². The first-order valence-corrected chi connectivity index (χ1v) is 13.1. The number of amides is 1. The van der Waals surface area contributed by atoms with Gasteiger partial charge in [-0.2, -0.15) is 0 Å². The zero-order valence-corrected chi connectivity index (χ0v) is 23.2. The number of nitrogens with zero attached hydrogens (tertiary/aromatic N) is 2. The van der Waals surface area contributed by atoms with E-state index in [0.717, 1.165) is 57.0 Å². The number of thioether (sulfide) groups is 1. The smallest absolute Gasteiger partial charge is 0.319 e. The second kappa shape index (κ2) is 11.6. The number of hydrogen-bond acceptors (Lipinski definition) is 5. The molecule has 7 nitrogen and oxygen atoms in total. The van der Waals surface area contributed by atoms with Crippen molar-refractivity contribution in [1.29, 1.82) is 0 Å². The number of benzene rings is 1. The molecule has 1 aliphatic rings. The van der Waals surface area contributed by atoms with Gasteiger partial charge < -0.3 is 19.7 Å². The summed E-state index contributed by atoms with van der Waals surface area (Å²) in [5, 5.41) is 12.4. The molecule has 0 unspecified atom stereocenters. The average molecular weight is 563 g/mol. The molecule has 1 heterocycles. The summed E-state index contributed by atoms with van der Waals surface area (Å²) in [6.07, 6.45) is 6.23. The number of carboxylic acid groups (broad SMARTS) is 1. The Labute approximate surface area is 219 Å². The Morgan fingerprint density at radius 3 is 2.60 bits per heavy atom. The summed E-state index contributed by atoms with van der Waals surface area (Å²) in [6, 6.07) is 5.72. The third kappa shape index (κ3) is 6.65. The zero-order valence-electron chi connectivity index (χ0n) is 20.8. The largest absolute Gasteiger partial charge is 0.480 e. The molecule has 1 aromatic heterocycles. The zero-order chi connectivity index (χ0) is 25.8. The van der Waals surface area contributed by atoms with Crippen molar-refractivity contribution in [2.45, 2.75) is 58.2 Å². The van der Waals surface area contributed by atoms with E-state index in [0.29, 0.717) is 18.8 Å². The van der Waals surface area contributed by atoms with Crippen LogP contribution in [-0.2, 0) is 16.1 Å². The van der Waals surface area contributed by atoms with E-state index in [2.05, 4.69) is 25.8 Å². The van der Waals surface area contributed by atoms with E-state index < -0.39 is 10.7 Å². The van der Waals surface area contributed by atoms with Gasteiger partial charge in [0.05, 0.1) is 0 Å². The summed E-state index contributed by atoms with van der Waals surface area (Å²) >= 11 is 4.82. The lowest BCUT2D eigenvalue weighted by molar-refractivity contribution is -0.138. The minimum atomic E-state index is -0.886. The van der Waals surface area contributed by atoms with E-state index in [4.69, 9.17) is 9.72 Å². The highest BCUT2D eigenvalue weighted by molar-refractivity contribution is 9.10. The number of anilines is 1. The molecule has 0 saturated carbocycles. The van der Waals surface area contributed by atoms with Crippen molar-refractivity contribution in [3.63, 3.8) is 0 Å². The van der Waals surface area contributed by atoms with E-state index in [-0.39, 0.29) is 5.91 Å². The van der Waals surface area contributed by atoms with Crippen LogP contribution in [0.3, 0.4) is 0 Å². The van der Waals surface area contributed by atoms with Crippen LogP contribution in [0, 0.1) is 13.8 Å². The number of hydrogen-bond donors (Lipinski definition) is 2. The third-order valence-electron chi connectivity index (χ3n) is 5.90. The van der Waals surface area contributed by atoms with Crippen molar-refractivity contribution in [2.75, 3.05) is 19.0 Å². The Morgan fingerprint density at radius 1 is 1.26 bits per heavy atom. The Kier molecular flexibility index (Phi) is 9.01. The number of halogens is 1. The molecule has 0 radical (unpaired) electrons. The number of imidazole rings is 1. The van der Waals surface area contributed by atoms with Gasteiger partial charge in [0.1, 0.15) is 16.3 Å². The van der Waals surface area contributed by atoms with Crippen molar-refractivity contribution in [3.8, 4) is 0 Å². The predicted octanol–water partition coefficient (Wildman–Crippen LogP) is 6.21. The Balaban J connectivity index is 1.91. The van der Waals surface area contributed by atoms with Gasteiger partial charge in [0.25, 0.3) is 5.91 Å². The number of carbonyl (C=O) groups excluding carboxylic acids is 1. The molecule has 35 heavy (non-hydrogen) atoms. The molecule has 2 aromatic rings. The summed E-state index contributed by atoms with van der Waals surface area (Å²) in [4.78, 5) is 30.5. The third-order valence-corrected chi connectivity index (χ3v) is 7.68. The van der Waals surface area contributed by atoms with Crippen molar-refractivity contribution in [2.24, 2.45) is 0 Å². The van der Waals surface area contributed by atoms with Crippen LogP contribution in [0.2, 0.25) is 0 Å². The number of allylic oxidation sites excluding steroid dienone is 4. The molecule has 1 aliphatic carbocycles. The van der Waals surface area contributed by atoms with Crippen LogP contribution in [0.25, 0.3) is 5.57 Å². The summed E-state index contributed by atoms with van der Waals surface area (Å²) in [6.45, 7) is 8.58. The van der Waals surface area contributed by atoms with Gasteiger partial charge in [-0.1, -0.05) is 28.1 Å². The molecule has 0 aliphatic heterocycles. The molecule has 0 saturated heterocycles. The second-order valence-electron chi connectivity index (χ2n) is 9.02. The number of methoxy groups -OCH3 is 1. The Bertz CT molecular complexity index is 1180. The van der Waals surface area contributed by atoms with E-state index in [9.17, 15) is 14.7 Å². The molecule has 1 amide bonds. The van der Waals surface area contributed by atoms with Crippen molar-refractivity contribution in [1.82, 2.24) is 9.55 Å². The fourth-order valence-corrected chi connectivity index (χ4v) is 5.40. The number of aryl methyl sites for hydroxylation is 1. The fraction of sp³-hybridized carbons (Fsp3) is 0.423. The summed E-state index contributed by atoms with van der Waals surface area (Å²) < 4.78 is 7.39. The van der Waals surface area contributed by atoms with Gasteiger partial charge in [0.15, 0.2) is 0 Å². The SMILES string of the molecule is COCCCn1c(C2=CC=C(SC(C)(C)C(=O)O)CC2)nc(C(=O)Nc2ccc(Br)cc2C)c1C. The highest BCUT2D eigenvalue weighted by Crippen LogP contribution is 2.39. The van der Waals surface area contributed by atoms with Crippen LogP contribution in [0.1, 0.15) is 60.7 Å². The Hall–Kier alpha value is -2.36. The van der Waals surface area contributed by atoms with Crippen molar-refractivity contribution >= 4 is 50.8 Å². The predicted molar refractivity (Wildman–Crippen MR) is 145 cm³/mol. The van der Waals surface area contributed by atoms with Gasteiger partial charge in [0, 0.05) is 36.1 Å². The molecule has 3 rings (SSSR count). The quantitative estimate of drug-likeness (QED) is 0.335. The molecule has 0 fully saturated rings. The number of nitrogens with one attached hydrogen (secondary N) is 1. The number of carbonyl (C=O) groups is 2. The molecule has 0 bridgehead atoms. The monoisotopic (exact) mass is 561 g/mol. The highest BCUT2D eigenvalue weighted by Gasteiger charge is 2.30. The standard InChI is InChI=1S/C26H32BrN3O4S/c1-16-15-19(27)9-12-21(16)28-24(31)22-17(2)30(13-6-14-34-5)23(29-22)18-7-10-20(11-8-18)35-26(3,4)25(32)33/h7,9-10,12,15H,6,8,11,13-14H2,1-5H3,(H,28,31)(H,32,33). The number of carboxylic acids is 1. The highest BCUT2D eigenvalue weighted by atomic mass is 79.9. The second-order valence-corrected chi connectivity index (χ2v) is 11.7. The van der Waals surface area contributed by atoms with Crippen molar-refractivity contribution in [3.05, 3.63) is 62.5 Å². The summed E-state index contributed by atoms with van der Waals surface area (Å²) in [5.41, 5.74) is 3.94. The van der Waals surface area contributed by atoms with Crippen LogP contribution in [-0.4, -0.2) is 45.0 Å². The first-order chi connectivity index (χ1) is 16.5. The molecule has 1 aromatic carbocycles. The Morgan fingerprint density at radius 2 is 2.00 bits per heavy atom. The number of aliphatic carboxylic acids is 1. The van der Waals surface area contributed by atoms with Gasteiger partial charge in [-0.25, -0.2) is 4.98 Å². The summed E-state index contributed by atoms with van der Waals surface area (Å²) in [5.74, 6) is -0.306. The number of aromatic nitrogens is 2. The first kappa shape index (κ1) is 27.2.